The third kappa shape index (κ3) is 2.06. The van der Waals surface area contributed by atoms with E-state index in [4.69, 9.17) is 14.6 Å². The Bertz CT molecular complexity index is 201. The Balaban J connectivity index is 2.50. The van der Waals surface area contributed by atoms with E-state index in [0.29, 0.717) is 6.42 Å². The zero-order valence-electron chi connectivity index (χ0n) is 6.95. The van der Waals surface area contributed by atoms with Crippen molar-refractivity contribution in [3.8, 4) is 0 Å². The monoisotopic (exact) mass is 172 g/mol. The second-order valence-electron chi connectivity index (χ2n) is 2.93. The van der Waals surface area contributed by atoms with Gasteiger partial charge in [0.05, 0.1) is 12.7 Å². The van der Waals surface area contributed by atoms with Gasteiger partial charge in [-0.15, -0.1) is 0 Å². The zero-order chi connectivity index (χ0) is 9.19. The third-order valence-corrected chi connectivity index (χ3v) is 1.67. The van der Waals surface area contributed by atoms with Crippen LogP contribution >= 0.6 is 0 Å². The van der Waals surface area contributed by atoms with Gasteiger partial charge in [0.15, 0.2) is 0 Å². The van der Waals surface area contributed by atoms with Crippen molar-refractivity contribution >= 4 is 5.97 Å². The maximum absolute atomic E-state index is 10.8. The molecule has 1 N–H and O–H groups in total. The van der Waals surface area contributed by atoms with Crippen LogP contribution in [0.4, 0.5) is 0 Å². The molecule has 0 amide bonds. The quantitative estimate of drug-likeness (QED) is 0.478. The van der Waals surface area contributed by atoms with Crippen molar-refractivity contribution in [2.45, 2.75) is 25.2 Å². The van der Waals surface area contributed by atoms with E-state index in [1.54, 1.807) is 6.92 Å². The van der Waals surface area contributed by atoms with Gasteiger partial charge in [-0.05, 0) is 0 Å². The van der Waals surface area contributed by atoms with E-state index in [2.05, 4.69) is 6.58 Å². The maximum Gasteiger partial charge on any atom is 0.332 e. The molecule has 0 spiro atoms. The van der Waals surface area contributed by atoms with Gasteiger partial charge in [0, 0.05) is 19.4 Å². The fourth-order valence-corrected chi connectivity index (χ4v) is 1.14. The van der Waals surface area contributed by atoms with Crippen LogP contribution in [-0.4, -0.2) is 29.6 Å². The first-order valence-corrected chi connectivity index (χ1v) is 3.73. The molecule has 1 saturated heterocycles. The van der Waals surface area contributed by atoms with Crippen molar-refractivity contribution < 1.29 is 19.4 Å². The Kier molecular flexibility index (Phi) is 2.49. The van der Waals surface area contributed by atoms with Crippen LogP contribution in [0.2, 0.25) is 0 Å². The lowest BCUT2D eigenvalue weighted by Gasteiger charge is -2.21. The summed E-state index contributed by atoms with van der Waals surface area (Å²) in [6.45, 7) is 5.09. The first-order chi connectivity index (χ1) is 5.56. The molecule has 0 bridgehead atoms. The van der Waals surface area contributed by atoms with Crippen LogP contribution in [0.1, 0.15) is 13.3 Å². The molecule has 1 aliphatic rings. The van der Waals surface area contributed by atoms with E-state index >= 15 is 0 Å². The second kappa shape index (κ2) is 3.25. The van der Waals surface area contributed by atoms with E-state index in [1.807, 2.05) is 0 Å². The van der Waals surface area contributed by atoms with E-state index in [0.717, 1.165) is 6.08 Å². The highest BCUT2D eigenvalue weighted by molar-refractivity contribution is 5.81. The van der Waals surface area contributed by atoms with Gasteiger partial charge in [-0.3, -0.25) is 0 Å². The molecule has 0 aromatic rings. The highest BCUT2D eigenvalue weighted by Crippen LogP contribution is 2.26. The third-order valence-electron chi connectivity index (χ3n) is 1.67. The standard InChI is InChI=1S/C8H12O4/c1-3-7(10)12-8(2)4-6(9)5-11-8/h3,6,9H,1,4-5H2,2H3. The number of aliphatic hydroxyl groups excluding tert-OH is 1. The first-order valence-electron chi connectivity index (χ1n) is 3.73. The maximum atomic E-state index is 10.8. The number of carbonyl (C=O) groups excluding carboxylic acids is 1. The van der Waals surface area contributed by atoms with Crippen LogP contribution in [0, 0.1) is 0 Å². The number of aliphatic hydroxyl groups is 1. The summed E-state index contributed by atoms with van der Waals surface area (Å²) in [5, 5.41) is 9.11. The average Bonchev–Trinajstić information content (AvgIpc) is 2.30. The molecule has 1 rings (SSSR count). The fourth-order valence-electron chi connectivity index (χ4n) is 1.14. The van der Waals surface area contributed by atoms with Crippen molar-refractivity contribution in [1.82, 2.24) is 0 Å². The molecule has 2 unspecified atom stereocenters. The molecule has 0 aromatic carbocycles. The fraction of sp³-hybridized carbons (Fsp3) is 0.625. The van der Waals surface area contributed by atoms with E-state index in [9.17, 15) is 4.79 Å². The highest BCUT2D eigenvalue weighted by atomic mass is 16.7. The van der Waals surface area contributed by atoms with Crippen molar-refractivity contribution in [2.24, 2.45) is 0 Å². The summed E-state index contributed by atoms with van der Waals surface area (Å²) < 4.78 is 9.96. The highest BCUT2D eigenvalue weighted by Gasteiger charge is 2.38. The molecule has 1 heterocycles. The lowest BCUT2D eigenvalue weighted by Crippen LogP contribution is -2.30. The lowest BCUT2D eigenvalue weighted by molar-refractivity contribution is -0.200. The topological polar surface area (TPSA) is 55.8 Å². The van der Waals surface area contributed by atoms with Crippen molar-refractivity contribution in [2.75, 3.05) is 6.61 Å². The summed E-state index contributed by atoms with van der Waals surface area (Å²) in [6.07, 6.45) is 0.832. The minimum Gasteiger partial charge on any atom is -0.430 e. The number of carbonyl (C=O) groups is 1. The van der Waals surface area contributed by atoms with Crippen molar-refractivity contribution in [3.05, 3.63) is 12.7 Å². The van der Waals surface area contributed by atoms with Gasteiger partial charge in [-0.25, -0.2) is 4.79 Å². The molecule has 0 aromatic heterocycles. The first kappa shape index (κ1) is 9.22. The number of hydrogen-bond acceptors (Lipinski definition) is 4. The molecule has 68 valence electrons. The van der Waals surface area contributed by atoms with E-state index in [1.165, 1.54) is 0 Å². The molecule has 0 aliphatic carbocycles. The normalized spacial score (nSPS) is 34.7. The van der Waals surface area contributed by atoms with Gasteiger partial charge in [0.1, 0.15) is 0 Å². The molecular formula is C8H12O4. The number of hydrogen-bond donors (Lipinski definition) is 1. The predicted molar refractivity (Wildman–Crippen MR) is 41.3 cm³/mol. The SMILES string of the molecule is C=CC(=O)OC1(C)CC(O)CO1. The van der Waals surface area contributed by atoms with Crippen LogP contribution in [0.15, 0.2) is 12.7 Å². The smallest absolute Gasteiger partial charge is 0.332 e. The lowest BCUT2D eigenvalue weighted by atomic mass is 10.2. The van der Waals surface area contributed by atoms with Crippen LogP contribution in [0.3, 0.4) is 0 Å². The van der Waals surface area contributed by atoms with Gasteiger partial charge in [0.2, 0.25) is 5.79 Å². The summed E-state index contributed by atoms with van der Waals surface area (Å²) >= 11 is 0. The molecule has 1 fully saturated rings. The molecular weight excluding hydrogens is 160 g/mol. The van der Waals surface area contributed by atoms with Gasteiger partial charge in [-0.1, -0.05) is 6.58 Å². The van der Waals surface area contributed by atoms with Crippen molar-refractivity contribution in [1.29, 1.82) is 0 Å². The van der Waals surface area contributed by atoms with Gasteiger partial charge in [-0.2, -0.15) is 0 Å². The Morgan fingerprint density at radius 2 is 2.58 bits per heavy atom. The van der Waals surface area contributed by atoms with Crippen LogP contribution in [-0.2, 0) is 14.3 Å². The molecule has 0 saturated carbocycles. The minimum atomic E-state index is -0.981. The van der Waals surface area contributed by atoms with Crippen LogP contribution in [0.25, 0.3) is 0 Å². The zero-order valence-corrected chi connectivity index (χ0v) is 6.95. The minimum absolute atomic E-state index is 0.209. The molecule has 4 nitrogen and oxygen atoms in total. The van der Waals surface area contributed by atoms with Gasteiger partial charge in [0.25, 0.3) is 0 Å². The van der Waals surface area contributed by atoms with Gasteiger partial charge >= 0.3 is 5.97 Å². The molecule has 0 radical (unpaired) electrons. The summed E-state index contributed by atoms with van der Waals surface area (Å²) in [6, 6.07) is 0. The van der Waals surface area contributed by atoms with Crippen molar-refractivity contribution in [3.63, 3.8) is 0 Å². The molecule has 2 atom stereocenters. The second-order valence-corrected chi connectivity index (χ2v) is 2.93. The number of rotatable bonds is 2. The Labute approximate surface area is 70.8 Å². The largest absolute Gasteiger partial charge is 0.430 e. The Morgan fingerprint density at radius 1 is 1.92 bits per heavy atom. The summed E-state index contributed by atoms with van der Waals surface area (Å²) in [5.41, 5.74) is 0. The Hall–Kier alpha value is -0.870. The van der Waals surface area contributed by atoms with Crippen LogP contribution < -0.4 is 0 Å². The average molecular weight is 172 g/mol. The van der Waals surface area contributed by atoms with Crippen LogP contribution in [0.5, 0.6) is 0 Å². The predicted octanol–water partition coefficient (Wildman–Crippen LogP) is 0.213. The summed E-state index contributed by atoms with van der Waals surface area (Å²) in [7, 11) is 0. The van der Waals surface area contributed by atoms with E-state index in [-0.39, 0.29) is 6.61 Å². The Morgan fingerprint density at radius 3 is 3.00 bits per heavy atom. The summed E-state index contributed by atoms with van der Waals surface area (Å²) in [5.74, 6) is -1.52. The molecule has 4 heteroatoms. The summed E-state index contributed by atoms with van der Waals surface area (Å²) in [4.78, 5) is 10.8. The van der Waals surface area contributed by atoms with Gasteiger partial charge < -0.3 is 14.6 Å². The molecule has 1 aliphatic heterocycles. The number of ether oxygens (including phenoxy) is 2. The van der Waals surface area contributed by atoms with E-state index < -0.39 is 17.9 Å². The molecule has 12 heavy (non-hydrogen) atoms. The number of esters is 1.